The zero-order chi connectivity index (χ0) is 36.5. The highest BCUT2D eigenvalue weighted by molar-refractivity contribution is 6.42. The molecule has 1 heterocycles. The van der Waals surface area contributed by atoms with Crippen LogP contribution in [-0.2, 0) is 33.6 Å². The van der Waals surface area contributed by atoms with Crippen LogP contribution in [0.4, 0.5) is 0 Å². The molecule has 1 aliphatic rings. The van der Waals surface area contributed by atoms with Gasteiger partial charge in [0.25, 0.3) is 5.91 Å². The molecule has 0 bridgehead atoms. The molecule has 2 N–H and O–H groups in total. The lowest BCUT2D eigenvalue weighted by atomic mass is 9.99. The van der Waals surface area contributed by atoms with Gasteiger partial charge in [0.1, 0.15) is 5.84 Å². The number of hydrogen-bond acceptors (Lipinski definition) is 5. The highest BCUT2D eigenvalue weighted by atomic mass is 35.5. The lowest BCUT2D eigenvalue weighted by molar-refractivity contribution is -0.133. The maximum Gasteiger partial charge on any atom is 0.260 e. The van der Waals surface area contributed by atoms with E-state index >= 15 is 0 Å². The minimum absolute atomic E-state index is 0.0226. The van der Waals surface area contributed by atoms with E-state index in [1.165, 1.54) is 4.90 Å². The fourth-order valence-corrected chi connectivity index (χ4v) is 6.93. The Labute approximate surface area is 318 Å². The average Bonchev–Trinajstić information content (AvgIpc) is 3.36. The molecule has 3 amide bonds. The number of ether oxygens (including phenoxy) is 1. The highest BCUT2D eigenvalue weighted by Gasteiger charge is 2.33. The maximum absolute atomic E-state index is 13.9. The van der Waals surface area contributed by atoms with Crippen molar-refractivity contribution in [3.8, 4) is 0 Å². The summed E-state index contributed by atoms with van der Waals surface area (Å²) < 4.78 is 6.02. The van der Waals surface area contributed by atoms with Crippen molar-refractivity contribution < 1.29 is 19.1 Å². The maximum atomic E-state index is 13.9. The number of nitrogens with one attached hydrogen (secondary N) is 2. The quantitative estimate of drug-likeness (QED) is 0.121. The summed E-state index contributed by atoms with van der Waals surface area (Å²) in [6.45, 7) is 0.576. The van der Waals surface area contributed by atoms with E-state index in [4.69, 9.17) is 56.5 Å². The molecule has 4 aromatic rings. The van der Waals surface area contributed by atoms with Crippen LogP contribution < -0.4 is 5.32 Å². The average molecular weight is 769 g/mol. The minimum Gasteiger partial charge on any atom is -0.377 e. The Kier molecular flexibility index (Phi) is 13.5. The lowest BCUT2D eigenvalue weighted by Crippen LogP contribution is -2.52. The van der Waals surface area contributed by atoms with Gasteiger partial charge in [0.15, 0.2) is 0 Å². The van der Waals surface area contributed by atoms with Crippen LogP contribution in [0.15, 0.2) is 91.0 Å². The summed E-state index contributed by atoms with van der Waals surface area (Å²) in [4.78, 5) is 43.4. The van der Waals surface area contributed by atoms with E-state index in [0.717, 1.165) is 16.7 Å². The van der Waals surface area contributed by atoms with E-state index in [0.29, 0.717) is 57.0 Å². The molecule has 2 atom stereocenters. The second kappa shape index (κ2) is 18.0. The van der Waals surface area contributed by atoms with Gasteiger partial charge in [-0.25, -0.2) is 0 Å². The van der Waals surface area contributed by atoms with E-state index in [1.807, 2.05) is 42.5 Å². The second-order valence-electron chi connectivity index (χ2n) is 12.3. The molecule has 0 unspecified atom stereocenters. The van der Waals surface area contributed by atoms with Crippen molar-refractivity contribution in [2.24, 2.45) is 0 Å². The van der Waals surface area contributed by atoms with E-state index in [2.05, 4.69) is 5.32 Å². The van der Waals surface area contributed by atoms with Crippen LogP contribution in [0.3, 0.4) is 0 Å². The lowest BCUT2D eigenvalue weighted by Gasteiger charge is -2.33. The van der Waals surface area contributed by atoms with Crippen LogP contribution in [0, 0.1) is 5.41 Å². The Morgan fingerprint density at radius 2 is 1.55 bits per heavy atom. The Morgan fingerprint density at radius 3 is 2.24 bits per heavy atom. The van der Waals surface area contributed by atoms with Crippen LogP contribution >= 0.6 is 46.4 Å². The Balaban J connectivity index is 1.32. The van der Waals surface area contributed by atoms with Crippen molar-refractivity contribution in [1.82, 2.24) is 15.1 Å². The molecule has 266 valence electrons. The van der Waals surface area contributed by atoms with Crippen LogP contribution in [0.1, 0.15) is 45.5 Å². The molecule has 8 nitrogen and oxygen atoms in total. The molecule has 0 aromatic heterocycles. The first-order chi connectivity index (χ1) is 24.5. The van der Waals surface area contributed by atoms with E-state index in [1.54, 1.807) is 60.5 Å². The Morgan fingerprint density at radius 1 is 0.824 bits per heavy atom. The van der Waals surface area contributed by atoms with Crippen LogP contribution in [0.2, 0.25) is 20.1 Å². The first-order valence-corrected chi connectivity index (χ1v) is 18.1. The number of nitrogens with zero attached hydrogens (tertiary/aromatic N) is 2. The number of amides is 3. The first-order valence-electron chi connectivity index (χ1n) is 16.6. The number of aryl methyl sites for hydroxylation is 1. The summed E-state index contributed by atoms with van der Waals surface area (Å²) in [5.74, 6) is -0.631. The van der Waals surface area contributed by atoms with Crippen LogP contribution in [0.25, 0.3) is 0 Å². The molecular formula is C39H38Cl4N4O4. The van der Waals surface area contributed by atoms with Gasteiger partial charge in [0.05, 0.1) is 27.8 Å². The molecular weight excluding hydrogens is 730 g/mol. The molecule has 0 saturated carbocycles. The third kappa shape index (κ3) is 10.1. The number of fused-ring (bicyclic) bond motifs is 1. The molecule has 0 fully saturated rings. The molecule has 1 aliphatic heterocycles. The van der Waals surface area contributed by atoms with Gasteiger partial charge in [-0.15, -0.1) is 0 Å². The fraction of sp³-hybridized carbons (Fsp3) is 0.282. The van der Waals surface area contributed by atoms with Crippen molar-refractivity contribution in [2.45, 2.75) is 44.2 Å². The standard InChI is InChI=1S/C39H38Cl4N4O4/c1-51-35(24-46(19-17-27-13-14-28(40)23-32(27)42)37(49)16-12-26-11-15-31(41)33(43)21-26)34(22-25-7-3-2-4-8-25)45-36(48)18-20-47-38(44)29-9-5-6-10-30(29)39(47)50/h2-11,13-15,21,23,34-35,44H,12,16-20,22,24H2,1H3,(H,45,48)/t34-,35-/m0/s1. The zero-order valence-electron chi connectivity index (χ0n) is 28.0. The third-order valence-corrected chi connectivity index (χ3v) is 10.2. The van der Waals surface area contributed by atoms with Crippen molar-refractivity contribution in [3.05, 3.63) is 139 Å². The van der Waals surface area contributed by atoms with Crippen molar-refractivity contribution >= 4 is 70.0 Å². The van der Waals surface area contributed by atoms with Gasteiger partial charge in [-0.1, -0.05) is 107 Å². The van der Waals surface area contributed by atoms with E-state index in [-0.39, 0.29) is 49.5 Å². The Bertz CT molecular complexity index is 1860. The number of methoxy groups -OCH3 is 1. The van der Waals surface area contributed by atoms with Gasteiger partial charge in [-0.2, -0.15) is 0 Å². The molecule has 51 heavy (non-hydrogen) atoms. The number of halogens is 4. The van der Waals surface area contributed by atoms with Crippen molar-refractivity contribution in [3.63, 3.8) is 0 Å². The topological polar surface area (TPSA) is 103 Å². The number of hydrogen-bond donors (Lipinski definition) is 2. The van der Waals surface area contributed by atoms with Gasteiger partial charge >= 0.3 is 0 Å². The second-order valence-corrected chi connectivity index (χ2v) is 14.0. The van der Waals surface area contributed by atoms with Crippen molar-refractivity contribution in [1.29, 1.82) is 5.41 Å². The van der Waals surface area contributed by atoms with Crippen molar-refractivity contribution in [2.75, 3.05) is 26.7 Å². The van der Waals surface area contributed by atoms with Crippen LogP contribution in [-0.4, -0.2) is 72.2 Å². The smallest absolute Gasteiger partial charge is 0.260 e. The van der Waals surface area contributed by atoms with Crippen LogP contribution in [0.5, 0.6) is 0 Å². The molecule has 0 aliphatic carbocycles. The summed E-state index contributed by atoms with van der Waals surface area (Å²) in [5.41, 5.74) is 3.70. The minimum atomic E-state index is -0.597. The van der Waals surface area contributed by atoms with E-state index < -0.39 is 12.1 Å². The van der Waals surface area contributed by atoms with E-state index in [9.17, 15) is 14.4 Å². The molecule has 5 rings (SSSR count). The monoisotopic (exact) mass is 766 g/mol. The summed E-state index contributed by atoms with van der Waals surface area (Å²) in [6.07, 6.45) is 0.938. The molecule has 4 aromatic carbocycles. The normalized spacial score (nSPS) is 13.5. The Hall–Kier alpha value is -3.92. The molecule has 0 saturated heterocycles. The number of rotatable bonds is 16. The number of carbonyl (C=O) groups is 3. The molecule has 12 heteroatoms. The SMILES string of the molecule is CO[C@@H](CN(CCc1ccc(Cl)cc1Cl)C(=O)CCc1ccc(Cl)c(Cl)c1)[C@H](Cc1ccccc1)NC(=O)CCN1C(=N)c2ccccc2C1=O. The fourth-order valence-electron chi connectivity index (χ4n) is 6.10. The largest absolute Gasteiger partial charge is 0.377 e. The first kappa shape index (κ1) is 38.3. The zero-order valence-corrected chi connectivity index (χ0v) is 31.0. The molecule has 0 radical (unpaired) electrons. The molecule has 0 spiro atoms. The van der Waals surface area contributed by atoms with Gasteiger partial charge in [-0.05, 0) is 66.3 Å². The predicted octanol–water partition coefficient (Wildman–Crippen LogP) is 7.92. The third-order valence-electron chi connectivity index (χ3n) is 8.92. The summed E-state index contributed by atoms with van der Waals surface area (Å²) in [7, 11) is 1.56. The predicted molar refractivity (Wildman–Crippen MR) is 203 cm³/mol. The number of carbonyl (C=O) groups excluding carboxylic acids is 3. The summed E-state index contributed by atoms with van der Waals surface area (Å²) >= 11 is 25.0. The van der Waals surface area contributed by atoms with Gasteiger partial charge in [0.2, 0.25) is 11.8 Å². The summed E-state index contributed by atoms with van der Waals surface area (Å²) in [5, 5.41) is 13.5. The summed E-state index contributed by atoms with van der Waals surface area (Å²) in [6, 6.07) is 26.7. The van der Waals surface area contributed by atoms with Gasteiger partial charge in [-0.3, -0.25) is 24.7 Å². The number of benzene rings is 4. The van der Waals surface area contributed by atoms with Gasteiger partial charge in [0, 0.05) is 55.2 Å². The highest BCUT2D eigenvalue weighted by Crippen LogP contribution is 2.25. The number of amidine groups is 1. The van der Waals surface area contributed by atoms with Gasteiger partial charge < -0.3 is 15.0 Å².